The summed E-state index contributed by atoms with van der Waals surface area (Å²) in [5.74, 6) is -0.773. The monoisotopic (exact) mass is 271 g/mol. The highest BCUT2D eigenvalue weighted by Gasteiger charge is 2.19. The van der Waals surface area contributed by atoms with Crippen LogP contribution < -0.4 is 0 Å². The van der Waals surface area contributed by atoms with Crippen molar-refractivity contribution in [2.45, 2.75) is 26.3 Å². The second-order valence-electron chi connectivity index (χ2n) is 5.11. The van der Waals surface area contributed by atoms with Gasteiger partial charge >= 0.3 is 5.97 Å². The lowest BCUT2D eigenvalue weighted by Crippen LogP contribution is -2.33. The molecule has 1 unspecified atom stereocenters. The fourth-order valence-corrected chi connectivity index (χ4v) is 2.68. The van der Waals surface area contributed by atoms with E-state index in [9.17, 15) is 4.79 Å². The van der Waals surface area contributed by atoms with Gasteiger partial charge in [-0.25, -0.2) is 0 Å². The standard InChI is InChI=1S/C17H21NO2/c1-3-11-18(12-17(19)20)13(2)15-10-6-8-14-7-4-5-9-16(14)15/h4-10,13H,3,11-12H2,1-2H3,(H,19,20). The molecule has 0 aliphatic carbocycles. The molecule has 0 heterocycles. The van der Waals surface area contributed by atoms with Crippen molar-refractivity contribution in [1.29, 1.82) is 0 Å². The minimum absolute atomic E-state index is 0.0816. The Kier molecular flexibility index (Phi) is 4.74. The average molecular weight is 271 g/mol. The number of carboxylic acid groups (broad SMARTS) is 1. The van der Waals surface area contributed by atoms with E-state index >= 15 is 0 Å². The van der Waals surface area contributed by atoms with Gasteiger partial charge in [-0.1, -0.05) is 49.4 Å². The fourth-order valence-electron chi connectivity index (χ4n) is 2.68. The topological polar surface area (TPSA) is 40.5 Å². The lowest BCUT2D eigenvalue weighted by molar-refractivity contribution is -0.138. The van der Waals surface area contributed by atoms with Gasteiger partial charge in [0.25, 0.3) is 0 Å². The normalized spacial score (nSPS) is 12.8. The van der Waals surface area contributed by atoms with E-state index < -0.39 is 5.97 Å². The van der Waals surface area contributed by atoms with E-state index in [1.54, 1.807) is 0 Å². The Morgan fingerprint density at radius 3 is 2.60 bits per heavy atom. The summed E-state index contributed by atoms with van der Waals surface area (Å²) in [6.07, 6.45) is 0.947. The van der Waals surface area contributed by atoms with Crippen molar-refractivity contribution in [2.24, 2.45) is 0 Å². The van der Waals surface area contributed by atoms with Gasteiger partial charge in [0.15, 0.2) is 0 Å². The lowest BCUT2D eigenvalue weighted by Gasteiger charge is -2.28. The Bertz CT molecular complexity index is 589. The number of fused-ring (bicyclic) bond motifs is 1. The zero-order valence-electron chi connectivity index (χ0n) is 12.0. The number of hydrogen-bond acceptors (Lipinski definition) is 2. The first kappa shape index (κ1) is 14.5. The number of hydrogen-bond donors (Lipinski definition) is 1. The van der Waals surface area contributed by atoms with Crippen LogP contribution in [0.25, 0.3) is 10.8 Å². The molecule has 3 nitrogen and oxygen atoms in total. The van der Waals surface area contributed by atoms with E-state index in [1.165, 1.54) is 16.3 Å². The lowest BCUT2D eigenvalue weighted by atomic mass is 9.98. The minimum Gasteiger partial charge on any atom is -0.480 e. The summed E-state index contributed by atoms with van der Waals surface area (Å²) < 4.78 is 0. The Hall–Kier alpha value is -1.87. The SMILES string of the molecule is CCCN(CC(=O)O)C(C)c1cccc2ccccc12. The van der Waals surface area contributed by atoms with Crippen LogP contribution >= 0.6 is 0 Å². The number of nitrogens with zero attached hydrogens (tertiary/aromatic N) is 1. The molecule has 0 saturated carbocycles. The number of aliphatic carboxylic acids is 1. The summed E-state index contributed by atoms with van der Waals surface area (Å²) in [6.45, 7) is 5.03. The molecule has 0 aliphatic rings. The maximum atomic E-state index is 11.0. The molecular weight excluding hydrogens is 250 g/mol. The van der Waals surface area contributed by atoms with Crippen molar-refractivity contribution in [3.05, 3.63) is 48.0 Å². The molecule has 2 rings (SSSR count). The van der Waals surface area contributed by atoms with Gasteiger partial charge in [-0.2, -0.15) is 0 Å². The number of carboxylic acids is 1. The van der Waals surface area contributed by atoms with E-state index in [0.717, 1.165) is 13.0 Å². The third-order valence-electron chi connectivity index (χ3n) is 3.67. The van der Waals surface area contributed by atoms with Crippen molar-refractivity contribution in [1.82, 2.24) is 4.90 Å². The second kappa shape index (κ2) is 6.53. The molecule has 2 aromatic rings. The van der Waals surface area contributed by atoms with Crippen molar-refractivity contribution in [3.63, 3.8) is 0 Å². The van der Waals surface area contributed by atoms with Gasteiger partial charge < -0.3 is 5.11 Å². The van der Waals surface area contributed by atoms with E-state index in [2.05, 4.69) is 38.1 Å². The minimum atomic E-state index is -0.773. The van der Waals surface area contributed by atoms with Crippen LogP contribution in [0.15, 0.2) is 42.5 Å². The van der Waals surface area contributed by atoms with Crippen LogP contribution in [0, 0.1) is 0 Å². The van der Waals surface area contributed by atoms with Crippen LogP contribution in [0.1, 0.15) is 31.9 Å². The van der Waals surface area contributed by atoms with E-state index in [1.807, 2.05) is 23.1 Å². The third kappa shape index (κ3) is 3.17. The van der Waals surface area contributed by atoms with E-state index in [4.69, 9.17) is 5.11 Å². The Morgan fingerprint density at radius 1 is 1.20 bits per heavy atom. The van der Waals surface area contributed by atoms with Crippen molar-refractivity contribution in [3.8, 4) is 0 Å². The highest BCUT2D eigenvalue weighted by atomic mass is 16.4. The molecule has 1 N–H and O–H groups in total. The Labute approximate surface area is 119 Å². The smallest absolute Gasteiger partial charge is 0.317 e. The molecule has 0 bridgehead atoms. The molecule has 20 heavy (non-hydrogen) atoms. The highest BCUT2D eigenvalue weighted by Crippen LogP contribution is 2.28. The molecule has 0 aromatic heterocycles. The van der Waals surface area contributed by atoms with Crippen LogP contribution in [0.2, 0.25) is 0 Å². The molecule has 0 radical (unpaired) electrons. The quantitative estimate of drug-likeness (QED) is 0.871. The first-order valence-electron chi connectivity index (χ1n) is 7.07. The molecule has 0 saturated heterocycles. The number of benzene rings is 2. The molecule has 1 atom stereocenters. The average Bonchev–Trinajstić information content (AvgIpc) is 2.45. The zero-order valence-corrected chi connectivity index (χ0v) is 12.0. The predicted molar refractivity (Wildman–Crippen MR) is 81.9 cm³/mol. The Morgan fingerprint density at radius 2 is 1.90 bits per heavy atom. The third-order valence-corrected chi connectivity index (χ3v) is 3.67. The summed E-state index contributed by atoms with van der Waals surface area (Å²) in [6, 6.07) is 14.6. The zero-order chi connectivity index (χ0) is 14.5. The summed E-state index contributed by atoms with van der Waals surface area (Å²) in [7, 11) is 0. The highest BCUT2D eigenvalue weighted by molar-refractivity contribution is 5.86. The number of rotatable bonds is 6. The summed E-state index contributed by atoms with van der Waals surface area (Å²) in [5, 5.41) is 11.5. The summed E-state index contributed by atoms with van der Waals surface area (Å²) in [4.78, 5) is 13.1. The first-order valence-corrected chi connectivity index (χ1v) is 7.07. The van der Waals surface area contributed by atoms with E-state index in [-0.39, 0.29) is 12.6 Å². The van der Waals surface area contributed by atoms with Gasteiger partial charge in [-0.15, -0.1) is 0 Å². The molecule has 3 heteroatoms. The molecule has 106 valence electrons. The van der Waals surface area contributed by atoms with Crippen LogP contribution in [-0.2, 0) is 4.79 Å². The molecular formula is C17H21NO2. The molecule has 0 amide bonds. The maximum Gasteiger partial charge on any atom is 0.317 e. The Balaban J connectivity index is 2.37. The van der Waals surface area contributed by atoms with Gasteiger partial charge in [0.1, 0.15) is 0 Å². The van der Waals surface area contributed by atoms with Crippen LogP contribution in [0.4, 0.5) is 0 Å². The van der Waals surface area contributed by atoms with Gasteiger partial charge in [0, 0.05) is 6.04 Å². The largest absolute Gasteiger partial charge is 0.480 e. The summed E-state index contributed by atoms with van der Waals surface area (Å²) >= 11 is 0. The molecule has 2 aromatic carbocycles. The van der Waals surface area contributed by atoms with Crippen LogP contribution in [0.3, 0.4) is 0 Å². The van der Waals surface area contributed by atoms with Crippen LogP contribution in [0.5, 0.6) is 0 Å². The van der Waals surface area contributed by atoms with Crippen molar-refractivity contribution < 1.29 is 9.90 Å². The maximum absolute atomic E-state index is 11.0. The van der Waals surface area contributed by atoms with E-state index in [0.29, 0.717) is 0 Å². The molecule has 0 spiro atoms. The van der Waals surface area contributed by atoms with Gasteiger partial charge in [-0.05, 0) is 36.2 Å². The van der Waals surface area contributed by atoms with Gasteiger partial charge in [-0.3, -0.25) is 9.69 Å². The van der Waals surface area contributed by atoms with Gasteiger partial charge in [0.2, 0.25) is 0 Å². The molecule has 0 fully saturated rings. The first-order chi connectivity index (χ1) is 9.63. The number of carbonyl (C=O) groups is 1. The summed E-state index contributed by atoms with van der Waals surface area (Å²) in [5.41, 5.74) is 1.19. The predicted octanol–water partition coefficient (Wildman–Crippen LogP) is 3.70. The van der Waals surface area contributed by atoms with Crippen molar-refractivity contribution >= 4 is 16.7 Å². The van der Waals surface area contributed by atoms with Crippen LogP contribution in [-0.4, -0.2) is 29.1 Å². The second-order valence-corrected chi connectivity index (χ2v) is 5.11. The molecule has 0 aliphatic heterocycles. The van der Waals surface area contributed by atoms with Gasteiger partial charge in [0.05, 0.1) is 6.54 Å². The van der Waals surface area contributed by atoms with Crippen molar-refractivity contribution in [2.75, 3.05) is 13.1 Å². The fraction of sp³-hybridized carbons (Fsp3) is 0.353.